The zero-order valence-corrected chi connectivity index (χ0v) is 15.3. The molecule has 0 aromatic rings. The number of rotatable bonds is 9. The molecule has 26 heavy (non-hydrogen) atoms. The third-order valence-electron chi connectivity index (χ3n) is 5.73. The molecule has 6 heteroatoms. The van der Waals surface area contributed by atoms with Crippen LogP contribution in [0.5, 0.6) is 0 Å². The maximum Gasteiger partial charge on any atom is 0.348 e. The number of hydrogen-bond donors (Lipinski definition) is 0. The summed E-state index contributed by atoms with van der Waals surface area (Å²) < 4.78 is 15.9. The topological polar surface area (TPSA) is 71.8 Å². The zero-order chi connectivity index (χ0) is 18.2. The average molecular weight is 360 g/mol. The van der Waals surface area contributed by atoms with Gasteiger partial charge in [-0.05, 0) is 61.8 Å². The summed E-state index contributed by atoms with van der Waals surface area (Å²) in [7, 11) is 0. The van der Waals surface area contributed by atoms with Crippen LogP contribution >= 0.6 is 0 Å². The van der Waals surface area contributed by atoms with Crippen LogP contribution in [0.2, 0.25) is 0 Å². The Balaban J connectivity index is 1.26. The van der Waals surface area contributed by atoms with E-state index in [2.05, 4.69) is 4.90 Å². The summed E-state index contributed by atoms with van der Waals surface area (Å²) in [5.74, 6) is 2.22. The molecule has 3 aliphatic rings. The minimum atomic E-state index is -0.598. The highest BCUT2D eigenvalue weighted by Gasteiger charge is 2.46. The van der Waals surface area contributed by atoms with Crippen molar-refractivity contribution in [1.82, 2.24) is 4.90 Å². The molecular weight excluding hydrogens is 332 g/mol. The molecule has 0 aromatic heterocycles. The van der Waals surface area contributed by atoms with E-state index >= 15 is 0 Å². The molecule has 1 heterocycles. The summed E-state index contributed by atoms with van der Waals surface area (Å²) in [5.41, 5.74) is 0.00000247. The summed E-state index contributed by atoms with van der Waals surface area (Å²) in [4.78, 5) is 14.0. The fraction of sp³-hybridized carbons (Fsp3) is 0.700. The van der Waals surface area contributed by atoms with E-state index in [0.29, 0.717) is 19.8 Å². The number of allylic oxidation sites excluding steroid dienone is 2. The number of ether oxygens (including phenoxy) is 3. The number of fused-ring (bicyclic) bond motifs is 1. The smallest absolute Gasteiger partial charge is 0.348 e. The maximum atomic E-state index is 11.9. The summed E-state index contributed by atoms with van der Waals surface area (Å²) >= 11 is 0. The Morgan fingerprint density at radius 3 is 2.73 bits per heavy atom. The van der Waals surface area contributed by atoms with E-state index in [1.165, 1.54) is 25.3 Å². The van der Waals surface area contributed by atoms with Crippen LogP contribution in [0, 0.1) is 29.1 Å². The largest absolute Gasteiger partial charge is 0.459 e. The fourth-order valence-electron chi connectivity index (χ4n) is 3.95. The lowest BCUT2D eigenvalue weighted by Crippen LogP contribution is -2.44. The molecule has 1 saturated heterocycles. The molecule has 1 aliphatic heterocycles. The Morgan fingerprint density at radius 2 is 2.08 bits per heavy atom. The number of esters is 1. The van der Waals surface area contributed by atoms with Crippen LogP contribution < -0.4 is 0 Å². The first-order valence-corrected chi connectivity index (χ1v) is 9.63. The number of nitriles is 1. The van der Waals surface area contributed by atoms with Crippen molar-refractivity contribution in [3.05, 3.63) is 23.9 Å². The monoisotopic (exact) mass is 360 g/mol. The first-order valence-electron chi connectivity index (χ1n) is 9.63. The van der Waals surface area contributed by atoms with E-state index in [1.807, 2.05) is 12.3 Å². The van der Waals surface area contributed by atoms with E-state index in [9.17, 15) is 4.79 Å². The summed E-state index contributed by atoms with van der Waals surface area (Å²) in [6.45, 7) is 4.32. The van der Waals surface area contributed by atoms with Crippen molar-refractivity contribution in [2.45, 2.75) is 25.7 Å². The third-order valence-corrected chi connectivity index (χ3v) is 5.73. The van der Waals surface area contributed by atoms with Crippen LogP contribution in [0.1, 0.15) is 25.7 Å². The quantitative estimate of drug-likeness (QED) is 0.207. The van der Waals surface area contributed by atoms with Gasteiger partial charge in [-0.2, -0.15) is 5.26 Å². The lowest BCUT2D eigenvalue weighted by molar-refractivity contribution is -0.140. The maximum absolute atomic E-state index is 11.9. The van der Waals surface area contributed by atoms with Gasteiger partial charge in [0.15, 0.2) is 0 Å². The van der Waals surface area contributed by atoms with E-state index in [4.69, 9.17) is 19.5 Å². The van der Waals surface area contributed by atoms with Gasteiger partial charge in [-0.15, -0.1) is 0 Å². The van der Waals surface area contributed by atoms with Gasteiger partial charge >= 0.3 is 5.97 Å². The predicted octanol–water partition coefficient (Wildman–Crippen LogP) is 2.28. The zero-order valence-electron chi connectivity index (χ0n) is 15.3. The van der Waals surface area contributed by atoms with Crippen LogP contribution in [-0.2, 0) is 19.0 Å². The second-order valence-electron chi connectivity index (χ2n) is 7.22. The molecule has 142 valence electrons. The Bertz CT molecular complexity index is 575. The SMILES string of the molecule is N#C/C(=C\C=C\N1CCOCC1)C(=O)OCCOCCC1CC2CCC12. The minimum Gasteiger partial charge on any atom is -0.459 e. The molecule has 2 aliphatic carbocycles. The highest BCUT2D eigenvalue weighted by atomic mass is 16.6. The van der Waals surface area contributed by atoms with Crippen LogP contribution in [0.4, 0.5) is 0 Å². The lowest BCUT2D eigenvalue weighted by Gasteiger charge is -2.53. The Labute approximate surface area is 155 Å². The van der Waals surface area contributed by atoms with Crippen molar-refractivity contribution in [1.29, 1.82) is 5.26 Å². The molecule has 0 spiro atoms. The molecule has 2 saturated carbocycles. The van der Waals surface area contributed by atoms with Crippen LogP contribution in [0.3, 0.4) is 0 Å². The van der Waals surface area contributed by atoms with Gasteiger partial charge in [0.05, 0.1) is 19.8 Å². The standard InChI is InChI=1S/C20H28N2O4/c21-15-18(2-1-6-22-7-10-25-11-8-22)20(23)26-13-12-24-9-5-17-14-16-3-4-19(16)17/h1-2,6,16-17,19H,3-5,7-14H2/b6-1+,18-2+. The van der Waals surface area contributed by atoms with E-state index in [1.54, 1.807) is 6.08 Å². The molecular formula is C20H28N2O4. The lowest BCUT2D eigenvalue weighted by atomic mass is 9.52. The molecule has 3 unspecified atom stereocenters. The van der Waals surface area contributed by atoms with Gasteiger partial charge in [-0.3, -0.25) is 0 Å². The van der Waals surface area contributed by atoms with Gasteiger partial charge < -0.3 is 19.1 Å². The molecule has 6 nitrogen and oxygen atoms in total. The normalized spacial score (nSPS) is 28.0. The number of morpholine rings is 1. The highest BCUT2D eigenvalue weighted by molar-refractivity contribution is 5.93. The van der Waals surface area contributed by atoms with Crippen molar-refractivity contribution in [2.75, 3.05) is 46.1 Å². The molecule has 0 aromatic carbocycles. The van der Waals surface area contributed by atoms with Gasteiger partial charge in [-0.1, -0.05) is 0 Å². The number of carbonyl (C=O) groups is 1. The second kappa shape index (κ2) is 9.75. The van der Waals surface area contributed by atoms with E-state index < -0.39 is 5.97 Å². The van der Waals surface area contributed by atoms with Crippen LogP contribution in [0.15, 0.2) is 23.9 Å². The number of nitrogens with zero attached hydrogens (tertiary/aromatic N) is 2. The van der Waals surface area contributed by atoms with Crippen molar-refractivity contribution < 1.29 is 19.0 Å². The molecule has 0 N–H and O–H groups in total. The first kappa shape index (κ1) is 18.9. The van der Waals surface area contributed by atoms with Crippen LogP contribution in [-0.4, -0.2) is 57.0 Å². The molecule has 3 fully saturated rings. The Kier molecular flexibility index (Phi) is 7.10. The minimum absolute atomic E-state index is 0.00000247. The highest BCUT2D eigenvalue weighted by Crippen LogP contribution is 2.55. The third kappa shape index (κ3) is 5.09. The number of carbonyl (C=O) groups excluding carboxylic acids is 1. The van der Waals surface area contributed by atoms with Gasteiger partial charge in [-0.25, -0.2) is 4.79 Å². The van der Waals surface area contributed by atoms with Gasteiger partial charge in [0.1, 0.15) is 18.2 Å². The number of hydrogen-bond acceptors (Lipinski definition) is 6. The van der Waals surface area contributed by atoms with E-state index in [0.717, 1.165) is 43.9 Å². The van der Waals surface area contributed by atoms with Crippen LogP contribution in [0.25, 0.3) is 0 Å². The molecule has 3 atom stereocenters. The van der Waals surface area contributed by atoms with Crippen molar-refractivity contribution >= 4 is 5.97 Å². The van der Waals surface area contributed by atoms with Gasteiger partial charge in [0.2, 0.25) is 0 Å². The van der Waals surface area contributed by atoms with Gasteiger partial charge in [0.25, 0.3) is 0 Å². The molecule has 3 rings (SSSR count). The van der Waals surface area contributed by atoms with Crippen molar-refractivity contribution in [2.24, 2.45) is 17.8 Å². The molecule has 0 radical (unpaired) electrons. The summed E-state index contributed by atoms with van der Waals surface area (Å²) in [6.07, 6.45) is 10.4. The average Bonchev–Trinajstić information content (AvgIpc) is 2.65. The van der Waals surface area contributed by atoms with Crippen molar-refractivity contribution in [3.63, 3.8) is 0 Å². The fourth-order valence-corrected chi connectivity index (χ4v) is 3.95. The van der Waals surface area contributed by atoms with Crippen molar-refractivity contribution in [3.8, 4) is 6.07 Å². The molecule has 0 amide bonds. The predicted molar refractivity (Wildman–Crippen MR) is 95.9 cm³/mol. The summed E-state index contributed by atoms with van der Waals surface area (Å²) in [5, 5.41) is 9.10. The first-order chi connectivity index (χ1) is 12.8. The summed E-state index contributed by atoms with van der Waals surface area (Å²) in [6, 6.07) is 1.89. The van der Waals surface area contributed by atoms with E-state index in [-0.39, 0.29) is 12.2 Å². The van der Waals surface area contributed by atoms with Gasteiger partial charge in [0, 0.05) is 19.7 Å². The second-order valence-corrected chi connectivity index (χ2v) is 7.22. The Morgan fingerprint density at radius 1 is 1.23 bits per heavy atom. The molecule has 0 bridgehead atoms. The Hall–Kier alpha value is -1.84.